The average molecular weight is 485 g/mol. The van der Waals surface area contributed by atoms with Gasteiger partial charge in [0, 0.05) is 35.3 Å². The summed E-state index contributed by atoms with van der Waals surface area (Å²) in [6.45, 7) is 5.25. The summed E-state index contributed by atoms with van der Waals surface area (Å²) in [5.74, 6) is -0.303. The third kappa shape index (κ3) is 6.42. The molecule has 0 radical (unpaired) electrons. The number of carbonyl (C=O) groups is 2. The number of halogens is 1. The summed E-state index contributed by atoms with van der Waals surface area (Å²) >= 11 is 6.06. The van der Waals surface area contributed by atoms with Gasteiger partial charge in [-0.2, -0.15) is 4.42 Å². The first-order valence-electron chi connectivity index (χ1n) is 10.0. The number of rotatable bonds is 6. The van der Waals surface area contributed by atoms with Gasteiger partial charge in [-0.15, -0.1) is 0 Å². The number of hydrogen-bond acceptors (Lipinski definition) is 7. The van der Waals surface area contributed by atoms with E-state index in [-0.39, 0.29) is 22.9 Å². The first-order valence-corrected chi connectivity index (χ1v) is 10.3. The Kier molecular flexibility index (Phi) is 7.32. The van der Waals surface area contributed by atoms with Gasteiger partial charge in [0.2, 0.25) is 5.75 Å². The molecular formula is C23H21ClN4O6. The van der Waals surface area contributed by atoms with Crippen molar-refractivity contribution in [1.29, 1.82) is 0 Å². The Morgan fingerprint density at radius 1 is 1.09 bits per heavy atom. The zero-order valence-corrected chi connectivity index (χ0v) is 19.3. The van der Waals surface area contributed by atoms with Crippen LogP contribution in [0.4, 0.5) is 22.0 Å². The smallest absolute Gasteiger partial charge is 0.412 e. The average Bonchev–Trinajstić information content (AvgIpc) is 2.79. The molecule has 1 heterocycles. The van der Waals surface area contributed by atoms with E-state index in [0.29, 0.717) is 5.69 Å². The van der Waals surface area contributed by atoms with Crippen LogP contribution in [0.25, 0.3) is 0 Å². The lowest BCUT2D eigenvalue weighted by Crippen LogP contribution is -2.27. The summed E-state index contributed by atoms with van der Waals surface area (Å²) in [7, 11) is 0. The Labute approximate surface area is 200 Å². The number of anilines is 2. The van der Waals surface area contributed by atoms with Crippen LogP contribution in [0.15, 0.2) is 66.9 Å². The second kappa shape index (κ2) is 10.2. The Hall–Kier alpha value is -4.18. The fourth-order valence-electron chi connectivity index (χ4n) is 2.72. The van der Waals surface area contributed by atoms with Crippen LogP contribution in [0, 0.1) is 10.1 Å². The highest BCUT2D eigenvalue weighted by atomic mass is 35.5. The van der Waals surface area contributed by atoms with Gasteiger partial charge >= 0.3 is 11.8 Å². The molecule has 10 nitrogen and oxygen atoms in total. The molecular weight excluding hydrogens is 464 g/mol. The maximum atomic E-state index is 12.6. The van der Waals surface area contributed by atoms with Crippen LogP contribution in [0.1, 0.15) is 31.1 Å². The van der Waals surface area contributed by atoms with E-state index in [9.17, 15) is 19.7 Å². The van der Waals surface area contributed by atoms with E-state index in [1.807, 2.05) is 0 Å². The van der Waals surface area contributed by atoms with E-state index in [1.165, 1.54) is 36.5 Å². The summed E-state index contributed by atoms with van der Waals surface area (Å²) in [5.41, 5.74) is -0.629. The van der Waals surface area contributed by atoms with Gasteiger partial charge < -0.3 is 9.47 Å². The van der Waals surface area contributed by atoms with E-state index in [0.717, 1.165) is 10.5 Å². The number of pyridine rings is 1. The monoisotopic (exact) mass is 484 g/mol. The van der Waals surface area contributed by atoms with Crippen LogP contribution < -0.4 is 14.5 Å². The summed E-state index contributed by atoms with van der Waals surface area (Å²) in [6, 6.07) is 14.8. The lowest BCUT2D eigenvalue weighted by molar-refractivity contribution is -0.385. The molecule has 3 rings (SSSR count). The van der Waals surface area contributed by atoms with Crippen molar-refractivity contribution >= 4 is 41.0 Å². The maximum absolute atomic E-state index is 12.6. The Morgan fingerprint density at radius 2 is 1.79 bits per heavy atom. The molecule has 0 fully saturated rings. The minimum absolute atomic E-state index is 0.0170. The summed E-state index contributed by atoms with van der Waals surface area (Å²) in [5, 5.41) is 14.2. The standard InChI is InChI=1S/C23H21ClN4O6/c1-23(2,3)34-22(30)26-16-8-10-17(11-9-16)33-19-12-7-15(14-18(19)28(31)32)21(29)27(24)20-6-4-5-13-25-20/h4-14H,1-3H3,(H,26,30). The number of nitro benzene ring substituents is 1. The highest BCUT2D eigenvalue weighted by molar-refractivity contribution is 6.39. The molecule has 1 aromatic heterocycles. The Balaban J connectivity index is 1.75. The minimum Gasteiger partial charge on any atom is -0.450 e. The second-order valence-corrected chi connectivity index (χ2v) is 8.30. The first kappa shape index (κ1) is 24.5. The van der Waals surface area contributed by atoms with Crippen LogP contribution in [0.2, 0.25) is 0 Å². The molecule has 0 bridgehead atoms. The number of nitrogens with zero attached hydrogens (tertiary/aromatic N) is 3. The molecule has 0 saturated heterocycles. The summed E-state index contributed by atoms with van der Waals surface area (Å²) < 4.78 is 11.6. The normalized spacial score (nSPS) is 10.8. The number of amides is 2. The third-order valence-corrected chi connectivity index (χ3v) is 4.49. The van der Waals surface area contributed by atoms with Crippen LogP contribution in [0.3, 0.4) is 0 Å². The lowest BCUT2D eigenvalue weighted by Gasteiger charge is -2.19. The Morgan fingerprint density at radius 3 is 2.38 bits per heavy atom. The predicted molar refractivity (Wildman–Crippen MR) is 126 cm³/mol. The van der Waals surface area contributed by atoms with E-state index in [1.54, 1.807) is 45.0 Å². The zero-order chi connectivity index (χ0) is 24.9. The SMILES string of the molecule is CC(C)(C)OC(=O)Nc1ccc(Oc2ccc(C(=O)N(Cl)c3ccccn3)cc2[N+](=O)[O-])cc1. The van der Waals surface area contributed by atoms with Crippen molar-refractivity contribution < 1.29 is 24.0 Å². The second-order valence-electron chi connectivity index (χ2n) is 7.97. The number of aromatic nitrogens is 1. The minimum atomic E-state index is -0.687. The zero-order valence-electron chi connectivity index (χ0n) is 18.5. The van der Waals surface area contributed by atoms with E-state index in [4.69, 9.17) is 21.3 Å². The summed E-state index contributed by atoms with van der Waals surface area (Å²) in [4.78, 5) is 39.4. The molecule has 11 heteroatoms. The highest BCUT2D eigenvalue weighted by Gasteiger charge is 2.23. The van der Waals surface area contributed by atoms with E-state index >= 15 is 0 Å². The highest BCUT2D eigenvalue weighted by Crippen LogP contribution is 2.33. The van der Waals surface area contributed by atoms with Crippen molar-refractivity contribution in [3.63, 3.8) is 0 Å². The van der Waals surface area contributed by atoms with Gasteiger partial charge in [-0.1, -0.05) is 6.07 Å². The molecule has 0 spiro atoms. The van der Waals surface area contributed by atoms with Gasteiger partial charge in [0.1, 0.15) is 11.4 Å². The van der Waals surface area contributed by atoms with Gasteiger partial charge in [0.15, 0.2) is 5.82 Å². The number of nitrogens with one attached hydrogen (secondary N) is 1. The number of carbonyl (C=O) groups excluding carboxylic acids is 2. The molecule has 0 unspecified atom stereocenters. The van der Waals surface area contributed by atoms with Crippen molar-refractivity contribution in [2.45, 2.75) is 26.4 Å². The molecule has 176 valence electrons. The number of ether oxygens (including phenoxy) is 2. The number of nitro groups is 1. The largest absolute Gasteiger partial charge is 0.450 e. The molecule has 0 saturated carbocycles. The van der Waals surface area contributed by atoms with Crippen LogP contribution in [-0.4, -0.2) is 27.5 Å². The fraction of sp³-hybridized carbons (Fsp3) is 0.174. The molecule has 1 N–H and O–H groups in total. The van der Waals surface area contributed by atoms with Crippen molar-refractivity contribution in [3.05, 3.63) is 82.5 Å². The number of benzene rings is 2. The molecule has 0 aliphatic heterocycles. The van der Waals surface area contributed by atoms with Gasteiger partial charge in [-0.25, -0.2) is 9.78 Å². The Bertz CT molecular complexity index is 1200. The van der Waals surface area contributed by atoms with Gasteiger partial charge in [0.25, 0.3) is 5.91 Å². The summed E-state index contributed by atoms with van der Waals surface area (Å²) in [6.07, 6.45) is 0.849. The molecule has 2 aromatic carbocycles. The molecule has 0 atom stereocenters. The first-order chi connectivity index (χ1) is 16.0. The molecule has 3 aromatic rings. The number of hydrogen-bond donors (Lipinski definition) is 1. The van der Waals surface area contributed by atoms with Crippen LogP contribution in [-0.2, 0) is 4.74 Å². The van der Waals surface area contributed by atoms with Crippen molar-refractivity contribution in [3.8, 4) is 11.5 Å². The predicted octanol–water partition coefficient (Wildman–Crippen LogP) is 5.93. The van der Waals surface area contributed by atoms with Crippen molar-refractivity contribution in [1.82, 2.24) is 4.98 Å². The van der Waals surface area contributed by atoms with Crippen LogP contribution >= 0.6 is 11.8 Å². The maximum Gasteiger partial charge on any atom is 0.412 e. The molecule has 34 heavy (non-hydrogen) atoms. The molecule has 0 aliphatic carbocycles. The topological polar surface area (TPSA) is 124 Å². The van der Waals surface area contributed by atoms with E-state index in [2.05, 4.69) is 10.3 Å². The van der Waals surface area contributed by atoms with Crippen molar-refractivity contribution in [2.24, 2.45) is 0 Å². The van der Waals surface area contributed by atoms with Gasteiger partial charge in [-0.3, -0.25) is 20.2 Å². The quantitative estimate of drug-likeness (QED) is 0.261. The fourth-order valence-corrected chi connectivity index (χ4v) is 2.92. The lowest BCUT2D eigenvalue weighted by atomic mass is 10.1. The van der Waals surface area contributed by atoms with Crippen molar-refractivity contribution in [2.75, 3.05) is 9.74 Å². The van der Waals surface area contributed by atoms with Gasteiger partial charge in [0.05, 0.1) is 4.92 Å². The molecule has 2 amide bonds. The van der Waals surface area contributed by atoms with Gasteiger partial charge in [-0.05, 0) is 69.3 Å². The van der Waals surface area contributed by atoms with E-state index < -0.39 is 28.2 Å². The van der Waals surface area contributed by atoms with Crippen LogP contribution in [0.5, 0.6) is 11.5 Å². The molecule has 0 aliphatic rings. The third-order valence-electron chi connectivity index (χ3n) is 4.16.